The van der Waals surface area contributed by atoms with E-state index in [1.807, 2.05) is 39.0 Å². The van der Waals surface area contributed by atoms with E-state index in [4.69, 9.17) is 10.5 Å². The van der Waals surface area contributed by atoms with E-state index >= 15 is 0 Å². The first kappa shape index (κ1) is 31.1. The Morgan fingerprint density at radius 1 is 1.03 bits per heavy atom. The number of phenols is 1. The van der Waals surface area contributed by atoms with E-state index in [0.717, 1.165) is 11.1 Å². The SMILES string of the molecule is CCCN(C(=O)C(CCC(N)=O)NC(=O)OC(C)(C)C)C(C(=O)Nc1c(C)cccc1C)c1ccc(O)cc1. The number of carbonyl (C=O) groups is 4. The predicted molar refractivity (Wildman–Crippen MR) is 149 cm³/mol. The number of hydrogen-bond donors (Lipinski definition) is 4. The zero-order valence-electron chi connectivity index (χ0n) is 23.5. The molecule has 2 rings (SSSR count). The predicted octanol–water partition coefficient (Wildman–Crippen LogP) is 4.09. The van der Waals surface area contributed by atoms with Crippen LogP contribution in [0.1, 0.15) is 69.7 Å². The van der Waals surface area contributed by atoms with Crippen molar-refractivity contribution in [2.45, 2.75) is 78.5 Å². The zero-order valence-corrected chi connectivity index (χ0v) is 23.5. The lowest BCUT2D eigenvalue weighted by Gasteiger charge is -2.34. The zero-order chi connectivity index (χ0) is 29.3. The number of carbonyl (C=O) groups excluding carboxylic acids is 4. The molecule has 0 fully saturated rings. The number of nitrogens with two attached hydrogens (primary N) is 1. The van der Waals surface area contributed by atoms with Gasteiger partial charge in [0.2, 0.25) is 11.8 Å². The Morgan fingerprint density at radius 3 is 2.13 bits per heavy atom. The molecule has 4 amide bonds. The third kappa shape index (κ3) is 9.31. The van der Waals surface area contributed by atoms with Crippen molar-refractivity contribution in [1.29, 1.82) is 0 Å². The second kappa shape index (κ2) is 13.6. The Balaban J connectivity index is 2.53. The summed E-state index contributed by atoms with van der Waals surface area (Å²) < 4.78 is 5.33. The van der Waals surface area contributed by atoms with Crippen LogP contribution in [-0.4, -0.2) is 52.0 Å². The molecule has 10 nitrogen and oxygen atoms in total. The van der Waals surface area contributed by atoms with Crippen molar-refractivity contribution in [2.75, 3.05) is 11.9 Å². The number of para-hydroxylation sites is 1. The highest BCUT2D eigenvalue weighted by atomic mass is 16.6. The number of nitrogens with one attached hydrogen (secondary N) is 2. The molecule has 0 saturated carbocycles. The van der Waals surface area contributed by atoms with E-state index in [9.17, 15) is 24.3 Å². The topological polar surface area (TPSA) is 151 Å². The molecule has 0 heterocycles. The van der Waals surface area contributed by atoms with Gasteiger partial charge in [0.1, 0.15) is 23.4 Å². The number of phenolic OH excluding ortho intramolecular Hbond substituents is 1. The van der Waals surface area contributed by atoms with Crippen molar-refractivity contribution in [1.82, 2.24) is 10.2 Å². The quantitative estimate of drug-likeness (QED) is 0.337. The molecule has 212 valence electrons. The van der Waals surface area contributed by atoms with E-state index in [0.29, 0.717) is 17.7 Å². The number of aromatic hydroxyl groups is 1. The molecule has 39 heavy (non-hydrogen) atoms. The number of aryl methyl sites for hydroxylation is 2. The third-order valence-electron chi connectivity index (χ3n) is 5.91. The summed E-state index contributed by atoms with van der Waals surface area (Å²) >= 11 is 0. The molecule has 2 unspecified atom stereocenters. The van der Waals surface area contributed by atoms with Gasteiger partial charge in [-0.1, -0.05) is 37.3 Å². The second-order valence-corrected chi connectivity index (χ2v) is 10.5. The molecule has 2 aromatic carbocycles. The van der Waals surface area contributed by atoms with Crippen LogP contribution in [-0.2, 0) is 19.1 Å². The van der Waals surface area contributed by atoms with Crippen molar-refractivity contribution in [3.8, 4) is 5.75 Å². The molecule has 0 aliphatic heterocycles. The number of rotatable bonds is 11. The Labute approximate surface area is 229 Å². The number of benzene rings is 2. The minimum atomic E-state index is -1.17. The highest BCUT2D eigenvalue weighted by molar-refractivity contribution is 6.00. The summed E-state index contributed by atoms with van der Waals surface area (Å²) in [6.45, 7) is 10.8. The smallest absolute Gasteiger partial charge is 0.408 e. The molecule has 0 aliphatic rings. The third-order valence-corrected chi connectivity index (χ3v) is 5.91. The fourth-order valence-corrected chi connectivity index (χ4v) is 4.13. The molecule has 0 radical (unpaired) electrons. The van der Waals surface area contributed by atoms with Crippen LogP contribution in [0.4, 0.5) is 10.5 Å². The highest BCUT2D eigenvalue weighted by Crippen LogP contribution is 2.28. The molecular weight excluding hydrogens is 500 g/mol. The van der Waals surface area contributed by atoms with Crippen LogP contribution in [0.5, 0.6) is 5.75 Å². The van der Waals surface area contributed by atoms with Crippen LogP contribution in [0.2, 0.25) is 0 Å². The first-order valence-corrected chi connectivity index (χ1v) is 13.0. The minimum absolute atomic E-state index is 0.00644. The lowest BCUT2D eigenvalue weighted by atomic mass is 10.0. The molecule has 0 spiro atoms. The number of anilines is 1. The molecule has 2 aromatic rings. The van der Waals surface area contributed by atoms with Crippen molar-refractivity contribution < 1.29 is 29.0 Å². The fraction of sp³-hybridized carbons (Fsp3) is 0.448. The van der Waals surface area contributed by atoms with E-state index in [1.54, 1.807) is 32.9 Å². The Kier molecular flexibility index (Phi) is 10.9. The maximum atomic E-state index is 14.0. The van der Waals surface area contributed by atoms with Crippen molar-refractivity contribution in [2.24, 2.45) is 5.73 Å². The van der Waals surface area contributed by atoms with Gasteiger partial charge in [-0.15, -0.1) is 0 Å². The highest BCUT2D eigenvalue weighted by Gasteiger charge is 2.36. The van der Waals surface area contributed by atoms with Gasteiger partial charge in [0.15, 0.2) is 0 Å². The van der Waals surface area contributed by atoms with Crippen LogP contribution >= 0.6 is 0 Å². The molecule has 0 bridgehead atoms. The standard InChI is InChI=1S/C29H40N4O6/c1-7-17-33(27(37)22(15-16-23(30)35)31-28(38)39-29(4,5)6)25(20-11-13-21(34)14-12-20)26(36)32-24-18(2)9-8-10-19(24)3/h8-14,22,25,34H,7,15-17H2,1-6H3,(H2,30,35)(H,31,38)(H,32,36). The normalized spacial score (nSPS) is 12.7. The van der Waals surface area contributed by atoms with E-state index in [1.165, 1.54) is 17.0 Å². The first-order valence-electron chi connectivity index (χ1n) is 13.0. The summed E-state index contributed by atoms with van der Waals surface area (Å²) in [7, 11) is 0. The van der Waals surface area contributed by atoms with Crippen LogP contribution in [0.15, 0.2) is 42.5 Å². The average Bonchev–Trinajstić information content (AvgIpc) is 2.83. The largest absolute Gasteiger partial charge is 0.508 e. The van der Waals surface area contributed by atoms with Crippen molar-refractivity contribution in [3.63, 3.8) is 0 Å². The van der Waals surface area contributed by atoms with Crippen LogP contribution in [0.25, 0.3) is 0 Å². The molecule has 0 aromatic heterocycles. The van der Waals surface area contributed by atoms with Crippen LogP contribution < -0.4 is 16.4 Å². The second-order valence-electron chi connectivity index (χ2n) is 10.5. The van der Waals surface area contributed by atoms with Gasteiger partial charge < -0.3 is 31.1 Å². The Morgan fingerprint density at radius 2 is 1.62 bits per heavy atom. The van der Waals surface area contributed by atoms with Crippen LogP contribution in [0.3, 0.4) is 0 Å². The van der Waals surface area contributed by atoms with Gasteiger partial charge in [0.25, 0.3) is 5.91 Å². The molecule has 5 N–H and O–H groups in total. The van der Waals surface area contributed by atoms with Gasteiger partial charge >= 0.3 is 6.09 Å². The summed E-state index contributed by atoms with van der Waals surface area (Å²) in [6.07, 6.45) is -0.562. The fourth-order valence-electron chi connectivity index (χ4n) is 4.13. The van der Waals surface area contributed by atoms with Gasteiger partial charge in [0, 0.05) is 18.7 Å². The first-order chi connectivity index (χ1) is 18.2. The summed E-state index contributed by atoms with van der Waals surface area (Å²) in [4.78, 5) is 53.4. The van der Waals surface area contributed by atoms with E-state index < -0.39 is 41.5 Å². The molecule has 10 heteroatoms. The number of amides is 4. The number of ether oxygens (including phenoxy) is 1. The number of nitrogens with zero attached hydrogens (tertiary/aromatic N) is 1. The lowest BCUT2D eigenvalue weighted by Crippen LogP contribution is -2.52. The van der Waals surface area contributed by atoms with Crippen molar-refractivity contribution >= 4 is 29.5 Å². The van der Waals surface area contributed by atoms with E-state index in [2.05, 4.69) is 10.6 Å². The maximum Gasteiger partial charge on any atom is 0.408 e. The summed E-state index contributed by atoms with van der Waals surface area (Å²) in [5.74, 6) is -1.67. The molecular formula is C29H40N4O6. The Hall–Kier alpha value is -4.08. The van der Waals surface area contributed by atoms with Gasteiger partial charge in [-0.2, -0.15) is 0 Å². The molecule has 2 atom stereocenters. The average molecular weight is 541 g/mol. The van der Waals surface area contributed by atoms with Gasteiger partial charge in [-0.05, 0) is 76.3 Å². The minimum Gasteiger partial charge on any atom is -0.508 e. The summed E-state index contributed by atoms with van der Waals surface area (Å²) in [5.41, 5.74) is 7.33. The monoisotopic (exact) mass is 540 g/mol. The molecule has 0 saturated heterocycles. The van der Waals surface area contributed by atoms with Gasteiger partial charge in [-0.3, -0.25) is 14.4 Å². The van der Waals surface area contributed by atoms with Gasteiger partial charge in [-0.25, -0.2) is 4.79 Å². The molecule has 0 aliphatic carbocycles. The lowest BCUT2D eigenvalue weighted by molar-refractivity contribution is -0.141. The van der Waals surface area contributed by atoms with Crippen molar-refractivity contribution in [3.05, 3.63) is 59.2 Å². The summed E-state index contributed by atoms with van der Waals surface area (Å²) in [5, 5.41) is 15.4. The van der Waals surface area contributed by atoms with Gasteiger partial charge in [0.05, 0.1) is 0 Å². The number of hydrogen-bond acceptors (Lipinski definition) is 6. The van der Waals surface area contributed by atoms with E-state index in [-0.39, 0.29) is 25.1 Å². The number of alkyl carbamates (subject to hydrolysis) is 1. The maximum absolute atomic E-state index is 14.0. The number of primary amides is 1. The Bertz CT molecular complexity index is 1150. The summed E-state index contributed by atoms with van der Waals surface area (Å²) in [6, 6.07) is 9.37. The van der Waals surface area contributed by atoms with Crippen LogP contribution in [0, 0.1) is 13.8 Å².